The first kappa shape index (κ1) is 14.4. The molecule has 0 aromatic rings. The van der Waals surface area contributed by atoms with Crippen molar-refractivity contribution >= 4 is 24.2 Å². The van der Waals surface area contributed by atoms with Crippen LogP contribution in [0.1, 0.15) is 0 Å². The fraction of sp³-hybridized carbons (Fsp3) is 0.727. The topological polar surface area (TPSA) is 0 Å². The van der Waals surface area contributed by atoms with Crippen LogP contribution in [0.15, 0.2) is 12.3 Å². The lowest BCUT2D eigenvalue weighted by Crippen LogP contribution is -2.59. The summed E-state index contributed by atoms with van der Waals surface area (Å²) < 4.78 is 0. The predicted molar refractivity (Wildman–Crippen MR) is 77.6 cm³/mol. The lowest BCUT2D eigenvalue weighted by Gasteiger charge is -2.60. The van der Waals surface area contributed by atoms with Gasteiger partial charge in [0.15, 0.2) is 0 Å². The molecule has 0 amide bonds. The van der Waals surface area contributed by atoms with E-state index in [1.807, 2.05) is 4.79 Å². The fourth-order valence-corrected chi connectivity index (χ4v) is 28.4. The molecule has 84 valence electrons. The zero-order valence-corrected chi connectivity index (χ0v) is 14.3. The third-order valence-electron chi connectivity index (χ3n) is 2.65. The fourth-order valence-electron chi connectivity index (χ4n) is 3.16. The van der Waals surface area contributed by atoms with Crippen molar-refractivity contribution in [2.75, 3.05) is 0 Å². The molecule has 0 N–H and O–H groups in total. The Morgan fingerprint density at radius 3 is 1.14 bits per heavy atom. The van der Waals surface area contributed by atoms with Crippen LogP contribution in [0.25, 0.3) is 0 Å². The molecule has 0 saturated carbocycles. The minimum atomic E-state index is -1.27. The van der Waals surface area contributed by atoms with Gasteiger partial charge in [0.1, 0.15) is 0 Å². The molecule has 0 spiro atoms. The molecule has 3 heteroatoms. The van der Waals surface area contributed by atoms with Crippen LogP contribution in [0.5, 0.6) is 0 Å². The van der Waals surface area contributed by atoms with Crippen LogP contribution in [0, 0.1) is 4.79 Å². The van der Waals surface area contributed by atoms with Gasteiger partial charge in [-0.15, -0.1) is 28.4 Å². The Labute approximate surface area is 93.8 Å². The van der Waals surface area contributed by atoms with Crippen LogP contribution in [0.4, 0.5) is 0 Å². The highest BCUT2D eigenvalue weighted by Crippen LogP contribution is 2.36. The van der Waals surface area contributed by atoms with E-state index < -0.39 is 24.2 Å². The van der Waals surface area contributed by atoms with E-state index in [0.717, 1.165) is 0 Å². The molecule has 0 atom stereocenters. The predicted octanol–water partition coefficient (Wildman–Crippen LogP) is 4.29. The monoisotopic (exact) mass is 243 g/mol. The summed E-state index contributed by atoms with van der Waals surface area (Å²) in [6.07, 6.45) is 0. The van der Waals surface area contributed by atoms with Crippen molar-refractivity contribution in [3.05, 3.63) is 17.1 Å². The SMILES string of the molecule is C=C[Si](C)(C)[C-]([Si](C)(C)C)[Si](C)(C)C. The van der Waals surface area contributed by atoms with E-state index >= 15 is 0 Å². The van der Waals surface area contributed by atoms with Crippen molar-refractivity contribution in [1.29, 1.82) is 0 Å². The number of hydrogen-bond acceptors (Lipinski definition) is 0. The van der Waals surface area contributed by atoms with Gasteiger partial charge in [0, 0.05) is 0 Å². The van der Waals surface area contributed by atoms with Crippen molar-refractivity contribution < 1.29 is 0 Å². The summed E-state index contributed by atoms with van der Waals surface area (Å²) in [7, 11) is -3.49. The summed E-state index contributed by atoms with van der Waals surface area (Å²) in [6.45, 7) is 24.0. The highest BCUT2D eigenvalue weighted by atomic mass is 28.5. The Hall–Kier alpha value is 0.391. The van der Waals surface area contributed by atoms with Crippen molar-refractivity contribution in [1.82, 2.24) is 0 Å². The molecule has 0 unspecified atom stereocenters. The zero-order chi connectivity index (χ0) is 11.8. The van der Waals surface area contributed by atoms with Gasteiger partial charge in [0.2, 0.25) is 0 Å². The summed E-state index contributed by atoms with van der Waals surface area (Å²) in [4.78, 5) is 1.98. The van der Waals surface area contributed by atoms with Crippen LogP contribution in [-0.4, -0.2) is 24.2 Å². The summed E-state index contributed by atoms with van der Waals surface area (Å²) in [5.41, 5.74) is 2.28. The summed E-state index contributed by atoms with van der Waals surface area (Å²) in [6, 6.07) is 0. The Morgan fingerprint density at radius 2 is 1.07 bits per heavy atom. The van der Waals surface area contributed by atoms with E-state index in [-0.39, 0.29) is 0 Å². The van der Waals surface area contributed by atoms with Gasteiger partial charge in [0.25, 0.3) is 0 Å². The van der Waals surface area contributed by atoms with Gasteiger partial charge in [-0.25, -0.2) is 0 Å². The highest BCUT2D eigenvalue weighted by Gasteiger charge is 2.32. The highest BCUT2D eigenvalue weighted by molar-refractivity contribution is 7.20. The third-order valence-corrected chi connectivity index (χ3v) is 20.8. The zero-order valence-electron chi connectivity index (χ0n) is 11.3. The summed E-state index contributed by atoms with van der Waals surface area (Å²) in [5, 5.41) is 0. The van der Waals surface area contributed by atoms with Gasteiger partial charge in [-0.05, 0) is 0 Å². The standard InChI is InChI=1S/C11H27Si3/c1-10-14(8,9)11(12(2,3)4)13(5,6)7/h10H,1H2,2-9H3/q-1. The van der Waals surface area contributed by atoms with E-state index in [1.165, 1.54) is 0 Å². The largest absolute Gasteiger partial charge is 0.307 e. The van der Waals surface area contributed by atoms with Crippen LogP contribution in [0.3, 0.4) is 0 Å². The number of hydrogen-bond donors (Lipinski definition) is 0. The second-order valence-electron chi connectivity index (χ2n) is 6.80. The van der Waals surface area contributed by atoms with Gasteiger partial charge >= 0.3 is 0 Å². The van der Waals surface area contributed by atoms with Crippen molar-refractivity contribution in [2.24, 2.45) is 0 Å². The van der Waals surface area contributed by atoms with Gasteiger partial charge in [0.05, 0.1) is 0 Å². The van der Waals surface area contributed by atoms with E-state index in [9.17, 15) is 0 Å². The molecule has 0 aliphatic heterocycles. The van der Waals surface area contributed by atoms with Gasteiger partial charge in [-0.2, -0.15) is 0 Å². The normalized spacial score (nSPS) is 14.6. The maximum absolute atomic E-state index is 4.07. The molecular formula is C11H27Si3-. The third kappa shape index (κ3) is 3.51. The molecule has 0 aliphatic carbocycles. The Bertz CT molecular complexity index is 192. The molecule has 14 heavy (non-hydrogen) atoms. The maximum Gasteiger partial charge on any atom is -0.0739 e. The van der Waals surface area contributed by atoms with Crippen molar-refractivity contribution in [2.45, 2.75) is 52.4 Å². The minimum absolute atomic E-state index is 1.11. The lowest BCUT2D eigenvalue weighted by molar-refractivity contribution is 1.53. The van der Waals surface area contributed by atoms with E-state index in [0.29, 0.717) is 0 Å². The molecule has 0 heterocycles. The first-order chi connectivity index (χ1) is 5.93. The molecule has 0 aromatic heterocycles. The average molecular weight is 244 g/mol. The molecule has 0 aliphatic rings. The van der Waals surface area contributed by atoms with Gasteiger partial charge in [-0.3, -0.25) is 0 Å². The molecule has 0 fully saturated rings. The van der Waals surface area contributed by atoms with Crippen LogP contribution in [-0.2, 0) is 0 Å². The molecule has 0 nitrogen and oxygen atoms in total. The Balaban J connectivity index is 5.24. The van der Waals surface area contributed by atoms with Gasteiger partial charge in [-0.1, -0.05) is 60.4 Å². The molecule has 0 saturated heterocycles. The molecular weight excluding hydrogens is 216 g/mol. The second kappa shape index (κ2) is 4.10. The molecule has 0 radical (unpaired) electrons. The van der Waals surface area contributed by atoms with Crippen molar-refractivity contribution in [3.63, 3.8) is 0 Å². The van der Waals surface area contributed by atoms with Crippen LogP contribution < -0.4 is 0 Å². The molecule has 0 bridgehead atoms. The lowest BCUT2D eigenvalue weighted by atomic mass is 11.3. The first-order valence-electron chi connectivity index (χ1n) is 5.45. The molecule has 0 rings (SSSR count). The smallest absolute Gasteiger partial charge is 0.0739 e. The van der Waals surface area contributed by atoms with E-state index in [2.05, 4.69) is 64.7 Å². The van der Waals surface area contributed by atoms with E-state index in [1.54, 1.807) is 0 Å². The van der Waals surface area contributed by atoms with Crippen LogP contribution >= 0.6 is 0 Å². The summed E-state index contributed by atoms with van der Waals surface area (Å²) >= 11 is 0. The van der Waals surface area contributed by atoms with Crippen LogP contribution in [0.2, 0.25) is 52.4 Å². The maximum atomic E-state index is 4.07. The quantitative estimate of drug-likeness (QED) is 0.510. The number of rotatable bonds is 4. The van der Waals surface area contributed by atoms with Crippen molar-refractivity contribution in [3.8, 4) is 0 Å². The second-order valence-corrected chi connectivity index (χ2v) is 22.7. The molecule has 0 aromatic carbocycles. The first-order valence-corrected chi connectivity index (χ1v) is 15.5. The van der Waals surface area contributed by atoms with E-state index in [4.69, 9.17) is 0 Å². The van der Waals surface area contributed by atoms with Gasteiger partial charge < -0.3 is 4.79 Å². The average Bonchev–Trinajstić information content (AvgIpc) is 1.79. The minimum Gasteiger partial charge on any atom is -0.307 e. The Kier molecular flexibility index (Phi) is 4.22. The Morgan fingerprint density at radius 1 is 0.786 bits per heavy atom. The summed E-state index contributed by atoms with van der Waals surface area (Å²) in [5.74, 6) is 0.